The lowest BCUT2D eigenvalue weighted by molar-refractivity contribution is -0.118. The van der Waals surface area contributed by atoms with Crippen molar-refractivity contribution in [3.8, 4) is 0 Å². The van der Waals surface area contributed by atoms with Crippen molar-refractivity contribution < 1.29 is 18.5 Å². The van der Waals surface area contributed by atoms with E-state index in [-0.39, 0.29) is 29.7 Å². The molecule has 2 atom stereocenters. The largest absolute Gasteiger partial charge is 0.511 e. The molecule has 3 heterocycles. The summed E-state index contributed by atoms with van der Waals surface area (Å²) in [7, 11) is -1.36. The van der Waals surface area contributed by atoms with Crippen molar-refractivity contribution in [2.45, 2.75) is 50.3 Å². The van der Waals surface area contributed by atoms with E-state index in [1.807, 2.05) is 12.3 Å². The normalized spacial score (nSPS) is 18.3. The van der Waals surface area contributed by atoms with Crippen molar-refractivity contribution in [1.29, 1.82) is 0 Å². The van der Waals surface area contributed by atoms with E-state index >= 15 is 0 Å². The molecule has 2 aromatic rings. The summed E-state index contributed by atoms with van der Waals surface area (Å²) in [5.74, 6) is 0.329. The molecule has 0 radical (unpaired) electrons. The third-order valence-corrected chi connectivity index (χ3v) is 6.41. The lowest BCUT2D eigenvalue weighted by atomic mass is 10.0. The van der Waals surface area contributed by atoms with Gasteiger partial charge < -0.3 is 20.2 Å². The molecule has 1 amide bonds. The van der Waals surface area contributed by atoms with Gasteiger partial charge in [0.25, 0.3) is 0 Å². The molecule has 1 aliphatic heterocycles. The summed E-state index contributed by atoms with van der Waals surface area (Å²) in [6, 6.07) is 8.07. The first-order valence-electron chi connectivity index (χ1n) is 10.8. The molecule has 8 heteroatoms. The zero-order valence-electron chi connectivity index (χ0n) is 17.7. The van der Waals surface area contributed by atoms with E-state index in [0.717, 1.165) is 18.7 Å². The Bertz CT molecular complexity index is 875. The number of rotatable bonds is 10. The van der Waals surface area contributed by atoms with Gasteiger partial charge in [-0.15, -0.1) is 0 Å². The van der Waals surface area contributed by atoms with Crippen LogP contribution in [0.3, 0.4) is 0 Å². The second-order valence-electron chi connectivity index (χ2n) is 7.84. The van der Waals surface area contributed by atoms with Crippen LogP contribution in [0.2, 0.25) is 0 Å². The lowest BCUT2D eigenvalue weighted by Gasteiger charge is -2.15. The maximum Gasteiger partial charge on any atom is 0.233 e. The van der Waals surface area contributed by atoms with Crippen LogP contribution in [0.5, 0.6) is 0 Å². The number of hydrogen-bond acceptors (Lipinski definition) is 6. The third-order valence-electron chi connectivity index (χ3n) is 5.21. The molecular weight excluding hydrogens is 414 g/mol. The van der Waals surface area contributed by atoms with E-state index in [9.17, 15) is 14.1 Å². The highest BCUT2D eigenvalue weighted by Crippen LogP contribution is 2.14. The Morgan fingerprint density at radius 3 is 3.10 bits per heavy atom. The Morgan fingerprint density at radius 1 is 1.35 bits per heavy atom. The summed E-state index contributed by atoms with van der Waals surface area (Å²) in [6.07, 6.45) is 11.4. The van der Waals surface area contributed by atoms with Gasteiger partial charge in [0.2, 0.25) is 5.91 Å². The fourth-order valence-corrected chi connectivity index (χ4v) is 4.59. The standard InChI is InChI=1S/C23H31N3O4S/c27-21(15-26-23(28)17-31(29)16-22-6-4-12-30-22)8-7-20-14-18(9-11-25-20)13-19-5-2-1-3-10-24-19/h4,6,8-9,11-12,14,19,24,27H,1-3,5,7,10,13,15-17H2,(H,26,28)/b21-8-. The molecule has 7 nitrogen and oxygen atoms in total. The van der Waals surface area contributed by atoms with Gasteiger partial charge in [0.1, 0.15) is 17.3 Å². The minimum Gasteiger partial charge on any atom is -0.511 e. The molecule has 1 aliphatic rings. The molecule has 3 rings (SSSR count). The molecule has 0 aliphatic carbocycles. The van der Waals surface area contributed by atoms with Crippen LogP contribution in [0.15, 0.2) is 53.0 Å². The third kappa shape index (κ3) is 8.67. The second kappa shape index (κ2) is 12.4. The monoisotopic (exact) mass is 445 g/mol. The number of nitrogens with zero attached hydrogens (tertiary/aromatic N) is 1. The highest BCUT2D eigenvalue weighted by atomic mass is 32.2. The Labute approximate surface area is 185 Å². The Hall–Kier alpha value is -2.45. The maximum atomic E-state index is 12.0. The second-order valence-corrected chi connectivity index (χ2v) is 9.30. The van der Waals surface area contributed by atoms with Gasteiger partial charge in [-0.25, -0.2) is 0 Å². The fourth-order valence-electron chi connectivity index (χ4n) is 3.61. The van der Waals surface area contributed by atoms with E-state index in [4.69, 9.17) is 4.42 Å². The number of aliphatic hydroxyl groups excluding tert-OH is 1. The van der Waals surface area contributed by atoms with Crippen molar-refractivity contribution in [3.05, 3.63) is 65.6 Å². The summed E-state index contributed by atoms with van der Waals surface area (Å²) >= 11 is 0. The van der Waals surface area contributed by atoms with Crippen molar-refractivity contribution in [3.63, 3.8) is 0 Å². The molecular formula is C23H31N3O4S. The summed E-state index contributed by atoms with van der Waals surface area (Å²) < 4.78 is 17.1. The Morgan fingerprint density at radius 2 is 2.26 bits per heavy atom. The Kier molecular flexibility index (Phi) is 9.30. The average Bonchev–Trinajstić information content (AvgIpc) is 3.12. The van der Waals surface area contributed by atoms with E-state index in [0.29, 0.717) is 18.2 Å². The first kappa shape index (κ1) is 23.2. The fraction of sp³-hybridized carbons (Fsp3) is 0.478. The van der Waals surface area contributed by atoms with Crippen LogP contribution in [0.4, 0.5) is 0 Å². The molecule has 0 spiro atoms. The van der Waals surface area contributed by atoms with Gasteiger partial charge >= 0.3 is 0 Å². The van der Waals surface area contributed by atoms with Crippen LogP contribution < -0.4 is 10.6 Å². The van der Waals surface area contributed by atoms with E-state index in [1.165, 1.54) is 37.5 Å². The van der Waals surface area contributed by atoms with Crippen LogP contribution in [0, 0.1) is 0 Å². The molecule has 3 N–H and O–H groups in total. The first-order chi connectivity index (χ1) is 15.1. The smallest absolute Gasteiger partial charge is 0.233 e. The number of aromatic nitrogens is 1. The molecule has 0 bridgehead atoms. The summed E-state index contributed by atoms with van der Waals surface area (Å²) in [4.78, 5) is 16.3. The maximum absolute atomic E-state index is 12.0. The molecule has 2 aromatic heterocycles. The van der Waals surface area contributed by atoms with Crippen LogP contribution >= 0.6 is 0 Å². The highest BCUT2D eigenvalue weighted by Gasteiger charge is 2.13. The molecule has 31 heavy (non-hydrogen) atoms. The molecule has 1 fully saturated rings. The van der Waals surface area contributed by atoms with Gasteiger partial charge in [-0.3, -0.25) is 14.0 Å². The van der Waals surface area contributed by atoms with Crippen LogP contribution in [0.25, 0.3) is 0 Å². The first-order valence-corrected chi connectivity index (χ1v) is 12.3. The lowest BCUT2D eigenvalue weighted by Crippen LogP contribution is -2.30. The number of carbonyl (C=O) groups excluding carboxylic acids is 1. The van der Waals surface area contributed by atoms with Crippen LogP contribution in [-0.2, 0) is 34.2 Å². The van der Waals surface area contributed by atoms with Crippen molar-refractivity contribution in [1.82, 2.24) is 15.6 Å². The minimum absolute atomic E-state index is 0.00245. The number of furan rings is 1. The van der Waals surface area contributed by atoms with Crippen molar-refractivity contribution >= 4 is 16.7 Å². The number of nitrogens with one attached hydrogen (secondary N) is 2. The molecule has 1 saturated heterocycles. The number of hydrogen-bond donors (Lipinski definition) is 3. The summed E-state index contributed by atoms with van der Waals surface area (Å²) in [6.45, 7) is 1.09. The van der Waals surface area contributed by atoms with Gasteiger partial charge in [0.15, 0.2) is 0 Å². The summed E-state index contributed by atoms with van der Waals surface area (Å²) in [5, 5.41) is 16.3. The average molecular weight is 446 g/mol. The topological polar surface area (TPSA) is 104 Å². The highest BCUT2D eigenvalue weighted by molar-refractivity contribution is 7.84. The quantitative estimate of drug-likeness (QED) is 0.486. The molecule has 0 saturated carbocycles. The number of allylic oxidation sites excluding steroid dienone is 1. The molecule has 0 aromatic carbocycles. The van der Waals surface area contributed by atoms with Crippen molar-refractivity contribution in [2.24, 2.45) is 0 Å². The van der Waals surface area contributed by atoms with Crippen LogP contribution in [0.1, 0.15) is 42.7 Å². The number of aliphatic hydroxyl groups is 1. The SMILES string of the molecule is O=C(CS(=O)Cc1ccco1)NC/C(O)=C/Cc1cc(CC2CCCCCN2)ccn1. The number of pyridine rings is 1. The predicted molar refractivity (Wildman–Crippen MR) is 121 cm³/mol. The van der Waals surface area contributed by atoms with E-state index in [1.54, 1.807) is 18.2 Å². The van der Waals surface area contributed by atoms with Gasteiger partial charge in [0.05, 0.1) is 18.6 Å². The predicted octanol–water partition coefficient (Wildman–Crippen LogP) is 2.80. The van der Waals surface area contributed by atoms with Gasteiger partial charge in [0, 0.05) is 35.2 Å². The molecule has 2 unspecified atom stereocenters. The zero-order chi connectivity index (χ0) is 21.9. The van der Waals surface area contributed by atoms with E-state index in [2.05, 4.69) is 21.7 Å². The number of carbonyl (C=O) groups is 1. The van der Waals surface area contributed by atoms with Gasteiger partial charge in [-0.05, 0) is 61.7 Å². The Balaban J connectivity index is 1.41. The van der Waals surface area contributed by atoms with Gasteiger partial charge in [-0.1, -0.05) is 12.8 Å². The van der Waals surface area contributed by atoms with Crippen molar-refractivity contribution in [2.75, 3.05) is 18.8 Å². The number of amides is 1. The van der Waals surface area contributed by atoms with Gasteiger partial charge in [-0.2, -0.15) is 0 Å². The van der Waals surface area contributed by atoms with E-state index < -0.39 is 10.8 Å². The summed E-state index contributed by atoms with van der Waals surface area (Å²) in [5.41, 5.74) is 2.12. The zero-order valence-corrected chi connectivity index (χ0v) is 18.5. The minimum atomic E-state index is -1.36. The van der Waals surface area contributed by atoms with Crippen LogP contribution in [-0.4, -0.2) is 45.1 Å². The molecule has 168 valence electrons.